The highest BCUT2D eigenvalue weighted by molar-refractivity contribution is 5.75. The van der Waals surface area contributed by atoms with Crippen LogP contribution < -0.4 is 16.0 Å². The number of para-hydroxylation sites is 2. The minimum Gasteiger partial charge on any atom is -0.379 e. The second-order valence-electron chi connectivity index (χ2n) is 8.07. The lowest BCUT2D eigenvalue weighted by Gasteiger charge is -2.18. The number of hydrogen-bond donors (Lipinski definition) is 3. The minimum atomic E-state index is -0.184. The predicted octanol–water partition coefficient (Wildman–Crippen LogP) is 5.01. The SMILES string of the molecule is Cc1ccc(F)c2c1C(CCNc1cc(Nc3cnc4ccccc4n3)ncn1)C(C)N2. The predicted molar refractivity (Wildman–Crippen MR) is 125 cm³/mol. The minimum absolute atomic E-state index is 0.177. The van der Waals surface area contributed by atoms with Crippen molar-refractivity contribution in [1.82, 2.24) is 19.9 Å². The van der Waals surface area contributed by atoms with Crippen LogP contribution in [0.25, 0.3) is 11.0 Å². The van der Waals surface area contributed by atoms with Crippen LogP contribution in [-0.2, 0) is 0 Å². The molecule has 2 aromatic heterocycles. The Bertz CT molecular complexity index is 1280. The van der Waals surface area contributed by atoms with E-state index in [0.717, 1.165) is 28.6 Å². The van der Waals surface area contributed by atoms with E-state index in [9.17, 15) is 4.39 Å². The van der Waals surface area contributed by atoms with E-state index in [1.807, 2.05) is 43.3 Å². The Labute approximate surface area is 185 Å². The molecule has 0 spiro atoms. The van der Waals surface area contributed by atoms with Crippen LogP contribution in [0.1, 0.15) is 30.4 Å². The van der Waals surface area contributed by atoms with Crippen LogP contribution in [0, 0.1) is 12.7 Å². The quantitative estimate of drug-likeness (QED) is 0.397. The number of hydrogen-bond acceptors (Lipinski definition) is 7. The van der Waals surface area contributed by atoms with Gasteiger partial charge in [-0.15, -0.1) is 0 Å². The highest BCUT2D eigenvalue weighted by atomic mass is 19.1. The van der Waals surface area contributed by atoms with Gasteiger partial charge in [-0.05, 0) is 49.6 Å². The van der Waals surface area contributed by atoms with E-state index in [2.05, 4.69) is 42.8 Å². The molecule has 0 saturated carbocycles. The monoisotopic (exact) mass is 429 g/mol. The summed E-state index contributed by atoms with van der Waals surface area (Å²) in [5.41, 5.74) is 4.51. The van der Waals surface area contributed by atoms with Gasteiger partial charge in [-0.3, -0.25) is 4.98 Å². The maximum atomic E-state index is 14.2. The van der Waals surface area contributed by atoms with Crippen LogP contribution in [0.15, 0.2) is 55.0 Å². The number of rotatable bonds is 6. The van der Waals surface area contributed by atoms with Crippen LogP contribution in [0.4, 0.5) is 27.5 Å². The van der Waals surface area contributed by atoms with Crippen molar-refractivity contribution in [2.24, 2.45) is 0 Å². The Morgan fingerprint density at radius 1 is 1.00 bits per heavy atom. The van der Waals surface area contributed by atoms with Gasteiger partial charge >= 0.3 is 0 Å². The van der Waals surface area contributed by atoms with Crippen LogP contribution in [0.5, 0.6) is 0 Å². The lowest BCUT2D eigenvalue weighted by molar-refractivity contribution is 0.596. The number of halogens is 1. The molecule has 1 aliphatic rings. The van der Waals surface area contributed by atoms with Crippen molar-refractivity contribution in [3.8, 4) is 0 Å². The van der Waals surface area contributed by atoms with Crippen molar-refractivity contribution >= 4 is 34.2 Å². The first kappa shape index (κ1) is 20.1. The van der Waals surface area contributed by atoms with Crippen molar-refractivity contribution in [3.63, 3.8) is 0 Å². The van der Waals surface area contributed by atoms with E-state index in [1.54, 1.807) is 6.20 Å². The van der Waals surface area contributed by atoms with E-state index in [4.69, 9.17) is 0 Å². The number of anilines is 4. The molecular weight excluding hydrogens is 405 g/mol. The first-order chi connectivity index (χ1) is 15.6. The number of fused-ring (bicyclic) bond motifs is 2. The zero-order valence-electron chi connectivity index (χ0n) is 17.9. The lowest BCUT2D eigenvalue weighted by Crippen LogP contribution is -2.19. The molecule has 0 fully saturated rings. The smallest absolute Gasteiger partial charge is 0.150 e. The highest BCUT2D eigenvalue weighted by Crippen LogP contribution is 2.41. The highest BCUT2D eigenvalue weighted by Gasteiger charge is 2.32. The van der Waals surface area contributed by atoms with Crippen molar-refractivity contribution in [1.29, 1.82) is 0 Å². The molecular formula is C24H24FN7. The van der Waals surface area contributed by atoms with Gasteiger partial charge in [-0.25, -0.2) is 19.3 Å². The summed E-state index contributed by atoms with van der Waals surface area (Å²) in [5.74, 6) is 2.02. The zero-order valence-corrected chi connectivity index (χ0v) is 17.9. The van der Waals surface area contributed by atoms with Gasteiger partial charge in [0.2, 0.25) is 0 Å². The summed E-state index contributed by atoms with van der Waals surface area (Å²) in [5, 5.41) is 9.85. The van der Waals surface area contributed by atoms with Gasteiger partial charge in [0, 0.05) is 24.6 Å². The normalized spacial score (nSPS) is 17.1. The van der Waals surface area contributed by atoms with Crippen LogP contribution in [0.3, 0.4) is 0 Å². The fourth-order valence-electron chi connectivity index (χ4n) is 4.32. The Morgan fingerprint density at radius 2 is 1.81 bits per heavy atom. The number of aryl methyl sites for hydroxylation is 1. The molecule has 2 aromatic carbocycles. The van der Waals surface area contributed by atoms with Gasteiger partial charge in [-0.1, -0.05) is 18.2 Å². The second-order valence-corrected chi connectivity index (χ2v) is 8.07. The summed E-state index contributed by atoms with van der Waals surface area (Å²) < 4.78 is 14.2. The summed E-state index contributed by atoms with van der Waals surface area (Å²) >= 11 is 0. The van der Waals surface area contributed by atoms with Crippen LogP contribution in [0.2, 0.25) is 0 Å². The van der Waals surface area contributed by atoms with E-state index in [-0.39, 0.29) is 17.8 Å². The molecule has 0 amide bonds. The Hall–Kier alpha value is -3.81. The molecule has 5 rings (SSSR count). The van der Waals surface area contributed by atoms with Crippen molar-refractivity contribution in [2.75, 3.05) is 22.5 Å². The van der Waals surface area contributed by atoms with E-state index >= 15 is 0 Å². The summed E-state index contributed by atoms with van der Waals surface area (Å²) in [6.07, 6.45) is 4.05. The van der Waals surface area contributed by atoms with E-state index in [0.29, 0.717) is 29.7 Å². The molecule has 2 unspecified atom stereocenters. The molecule has 7 nitrogen and oxygen atoms in total. The largest absolute Gasteiger partial charge is 0.379 e. The van der Waals surface area contributed by atoms with Crippen LogP contribution >= 0.6 is 0 Å². The summed E-state index contributed by atoms with van der Waals surface area (Å²) in [6, 6.07) is 13.1. The molecule has 0 bridgehead atoms. The Kier molecular flexibility index (Phi) is 5.26. The van der Waals surface area contributed by atoms with Gasteiger partial charge in [-0.2, -0.15) is 0 Å². The molecule has 2 atom stereocenters. The Balaban J connectivity index is 1.25. The average Bonchev–Trinajstić information content (AvgIpc) is 3.14. The molecule has 0 aliphatic carbocycles. The van der Waals surface area contributed by atoms with Gasteiger partial charge in [0.25, 0.3) is 0 Å². The maximum absolute atomic E-state index is 14.2. The van der Waals surface area contributed by atoms with Crippen molar-refractivity contribution in [2.45, 2.75) is 32.2 Å². The summed E-state index contributed by atoms with van der Waals surface area (Å²) in [6.45, 7) is 4.84. The van der Waals surface area contributed by atoms with Gasteiger partial charge in [0.15, 0.2) is 5.82 Å². The van der Waals surface area contributed by atoms with Crippen molar-refractivity contribution < 1.29 is 4.39 Å². The fraction of sp³-hybridized carbons (Fsp3) is 0.250. The van der Waals surface area contributed by atoms with E-state index in [1.165, 1.54) is 12.4 Å². The lowest BCUT2D eigenvalue weighted by atomic mass is 9.89. The molecule has 1 aliphatic heterocycles. The standard InChI is InChI=1S/C24H24FN7/c1-14-7-8-17(25)24-23(14)16(15(2)30-24)9-10-26-20-11-21(29-13-28-20)32-22-12-27-18-5-3-4-6-19(18)31-22/h3-8,11-13,15-16,30H,9-10H2,1-2H3,(H2,26,28,29,31,32). The topological polar surface area (TPSA) is 87.7 Å². The second kappa shape index (κ2) is 8.37. The molecule has 162 valence electrons. The first-order valence-corrected chi connectivity index (χ1v) is 10.7. The van der Waals surface area contributed by atoms with Gasteiger partial charge in [0.05, 0.1) is 22.9 Å². The molecule has 0 radical (unpaired) electrons. The number of benzene rings is 2. The molecule has 4 aromatic rings. The summed E-state index contributed by atoms with van der Waals surface area (Å²) in [4.78, 5) is 17.6. The number of nitrogens with one attached hydrogen (secondary N) is 3. The molecule has 8 heteroatoms. The fourth-order valence-corrected chi connectivity index (χ4v) is 4.32. The van der Waals surface area contributed by atoms with Crippen molar-refractivity contribution in [3.05, 3.63) is 71.9 Å². The summed E-state index contributed by atoms with van der Waals surface area (Å²) in [7, 11) is 0. The number of nitrogens with zero attached hydrogens (tertiary/aromatic N) is 4. The van der Waals surface area contributed by atoms with Gasteiger partial charge < -0.3 is 16.0 Å². The van der Waals surface area contributed by atoms with Crippen LogP contribution in [-0.4, -0.2) is 32.5 Å². The van der Waals surface area contributed by atoms with E-state index < -0.39 is 0 Å². The van der Waals surface area contributed by atoms with Gasteiger partial charge in [0.1, 0.15) is 23.8 Å². The first-order valence-electron chi connectivity index (χ1n) is 10.7. The third-order valence-corrected chi connectivity index (χ3v) is 5.89. The Morgan fingerprint density at radius 3 is 2.69 bits per heavy atom. The molecule has 0 saturated heterocycles. The molecule has 32 heavy (non-hydrogen) atoms. The molecule has 3 N–H and O–H groups in total. The number of aromatic nitrogens is 4. The maximum Gasteiger partial charge on any atom is 0.150 e. The molecule has 3 heterocycles. The zero-order chi connectivity index (χ0) is 22.1. The third kappa shape index (κ3) is 3.91. The third-order valence-electron chi connectivity index (χ3n) is 5.89. The average molecular weight is 430 g/mol.